The summed E-state index contributed by atoms with van der Waals surface area (Å²) in [4.78, 5) is 9.03. The summed E-state index contributed by atoms with van der Waals surface area (Å²) >= 11 is 0. The van der Waals surface area contributed by atoms with Gasteiger partial charge in [0.25, 0.3) is 0 Å². The van der Waals surface area contributed by atoms with Crippen molar-refractivity contribution in [2.24, 2.45) is 0 Å². The highest BCUT2D eigenvalue weighted by Gasteiger charge is 2.12. The number of benzene rings is 1. The fourth-order valence-corrected chi connectivity index (χ4v) is 2.48. The Balaban J connectivity index is 1.74. The molecule has 0 amide bonds. The maximum absolute atomic E-state index is 4.70. The molecule has 1 aromatic heterocycles. The number of aromatic nitrogens is 2. The Morgan fingerprint density at radius 2 is 2.00 bits per heavy atom. The van der Waals surface area contributed by atoms with Crippen LogP contribution in [0.1, 0.15) is 36.6 Å². The average molecular weight is 277 g/mol. The van der Waals surface area contributed by atoms with Crippen LogP contribution in [0.15, 0.2) is 67.0 Å². The molecule has 21 heavy (non-hydrogen) atoms. The minimum atomic E-state index is 0.206. The molecular weight excluding hydrogens is 258 g/mol. The zero-order chi connectivity index (χ0) is 14.5. The SMILES string of the molecule is C[C@H](Nc1cncc(C2C=CC=CC2)n1)c1ccccc1. The molecule has 0 aliphatic heterocycles. The molecule has 1 aromatic carbocycles. The Hall–Kier alpha value is -2.42. The zero-order valence-electron chi connectivity index (χ0n) is 12.1. The van der Waals surface area contributed by atoms with Crippen molar-refractivity contribution in [2.75, 3.05) is 5.32 Å². The van der Waals surface area contributed by atoms with Gasteiger partial charge in [0.05, 0.1) is 11.9 Å². The largest absolute Gasteiger partial charge is 0.362 e. The van der Waals surface area contributed by atoms with Crippen LogP contribution in [0, 0.1) is 0 Å². The average Bonchev–Trinajstić information content (AvgIpc) is 2.57. The molecule has 1 aliphatic carbocycles. The molecule has 0 fully saturated rings. The normalized spacial score (nSPS) is 18.4. The fraction of sp³-hybridized carbons (Fsp3) is 0.222. The van der Waals surface area contributed by atoms with Crippen LogP contribution in [0.5, 0.6) is 0 Å². The van der Waals surface area contributed by atoms with Crippen molar-refractivity contribution in [2.45, 2.75) is 25.3 Å². The zero-order valence-corrected chi connectivity index (χ0v) is 12.1. The summed E-state index contributed by atoms with van der Waals surface area (Å²) in [5.41, 5.74) is 2.26. The summed E-state index contributed by atoms with van der Waals surface area (Å²) in [5.74, 6) is 1.16. The van der Waals surface area contributed by atoms with E-state index >= 15 is 0 Å². The van der Waals surface area contributed by atoms with E-state index in [0.29, 0.717) is 5.92 Å². The van der Waals surface area contributed by atoms with Crippen LogP contribution in [0.3, 0.4) is 0 Å². The minimum Gasteiger partial charge on any atom is -0.362 e. The predicted molar refractivity (Wildman–Crippen MR) is 86.1 cm³/mol. The van der Waals surface area contributed by atoms with Crippen LogP contribution in [-0.2, 0) is 0 Å². The predicted octanol–water partition coefficient (Wildman–Crippen LogP) is 4.25. The first kappa shape index (κ1) is 13.6. The molecule has 106 valence electrons. The van der Waals surface area contributed by atoms with E-state index in [-0.39, 0.29) is 6.04 Å². The van der Waals surface area contributed by atoms with Gasteiger partial charge in [0.2, 0.25) is 0 Å². The monoisotopic (exact) mass is 277 g/mol. The topological polar surface area (TPSA) is 37.8 Å². The number of anilines is 1. The maximum Gasteiger partial charge on any atom is 0.145 e. The number of nitrogens with zero attached hydrogens (tertiary/aromatic N) is 2. The molecule has 3 rings (SSSR count). The third-order valence-corrected chi connectivity index (χ3v) is 3.68. The van der Waals surface area contributed by atoms with Gasteiger partial charge in [0, 0.05) is 18.2 Å². The molecule has 0 spiro atoms. The number of allylic oxidation sites excluding steroid dienone is 4. The molecule has 1 unspecified atom stereocenters. The molecule has 0 bridgehead atoms. The second-order valence-electron chi connectivity index (χ2n) is 5.26. The molecule has 3 nitrogen and oxygen atoms in total. The third-order valence-electron chi connectivity index (χ3n) is 3.68. The van der Waals surface area contributed by atoms with Gasteiger partial charge in [-0.3, -0.25) is 4.98 Å². The summed E-state index contributed by atoms with van der Waals surface area (Å²) in [7, 11) is 0. The molecule has 0 saturated carbocycles. The smallest absolute Gasteiger partial charge is 0.145 e. The first-order valence-electron chi connectivity index (χ1n) is 7.29. The van der Waals surface area contributed by atoms with Crippen molar-refractivity contribution >= 4 is 5.82 Å². The lowest BCUT2D eigenvalue weighted by molar-refractivity contribution is 0.797. The maximum atomic E-state index is 4.70. The highest BCUT2D eigenvalue weighted by atomic mass is 15.0. The number of rotatable bonds is 4. The number of hydrogen-bond acceptors (Lipinski definition) is 3. The summed E-state index contributed by atoms with van der Waals surface area (Å²) in [6.07, 6.45) is 13.1. The first-order chi connectivity index (χ1) is 10.3. The van der Waals surface area contributed by atoms with E-state index in [1.807, 2.05) is 12.3 Å². The third kappa shape index (κ3) is 3.37. The van der Waals surface area contributed by atoms with Crippen LogP contribution in [0.2, 0.25) is 0 Å². The Morgan fingerprint density at radius 1 is 1.14 bits per heavy atom. The Bertz CT molecular complexity index is 647. The van der Waals surface area contributed by atoms with Gasteiger partial charge in [-0.1, -0.05) is 54.6 Å². The number of nitrogens with one attached hydrogen (secondary N) is 1. The standard InChI is InChI=1S/C18H19N3/c1-14(15-8-4-2-5-9-15)20-18-13-19-12-17(21-18)16-10-6-3-7-11-16/h2-10,12-14,16H,11H2,1H3,(H,20,21)/t14-,16?/m0/s1. The van der Waals surface area contributed by atoms with E-state index in [1.54, 1.807) is 6.20 Å². The Kier molecular flexibility index (Phi) is 4.10. The Labute approximate surface area is 125 Å². The van der Waals surface area contributed by atoms with Gasteiger partial charge in [-0.25, -0.2) is 4.98 Å². The van der Waals surface area contributed by atoms with Crippen LogP contribution >= 0.6 is 0 Å². The van der Waals surface area contributed by atoms with E-state index < -0.39 is 0 Å². The van der Waals surface area contributed by atoms with Crippen LogP contribution in [-0.4, -0.2) is 9.97 Å². The van der Waals surface area contributed by atoms with E-state index in [1.165, 1.54) is 5.56 Å². The molecule has 3 heteroatoms. The molecule has 1 heterocycles. The molecule has 1 N–H and O–H groups in total. The van der Waals surface area contributed by atoms with Gasteiger partial charge < -0.3 is 5.32 Å². The van der Waals surface area contributed by atoms with E-state index in [2.05, 4.69) is 65.8 Å². The number of hydrogen-bond donors (Lipinski definition) is 1. The second kappa shape index (κ2) is 6.35. The molecular formula is C18H19N3. The first-order valence-corrected chi connectivity index (χ1v) is 7.29. The van der Waals surface area contributed by atoms with Gasteiger partial charge in [0.15, 0.2) is 0 Å². The summed E-state index contributed by atoms with van der Waals surface area (Å²) < 4.78 is 0. The van der Waals surface area contributed by atoms with Gasteiger partial charge in [-0.2, -0.15) is 0 Å². The van der Waals surface area contributed by atoms with E-state index in [0.717, 1.165) is 17.9 Å². The second-order valence-corrected chi connectivity index (χ2v) is 5.26. The highest BCUT2D eigenvalue weighted by molar-refractivity contribution is 5.37. The van der Waals surface area contributed by atoms with Gasteiger partial charge in [0.1, 0.15) is 5.82 Å². The lowest BCUT2D eigenvalue weighted by atomic mass is 9.98. The van der Waals surface area contributed by atoms with Crippen molar-refractivity contribution in [1.82, 2.24) is 9.97 Å². The summed E-state index contributed by atoms with van der Waals surface area (Å²) in [6.45, 7) is 2.13. The lowest BCUT2D eigenvalue weighted by Gasteiger charge is -2.17. The van der Waals surface area contributed by atoms with Crippen molar-refractivity contribution in [3.63, 3.8) is 0 Å². The quantitative estimate of drug-likeness (QED) is 0.908. The Morgan fingerprint density at radius 3 is 2.76 bits per heavy atom. The lowest BCUT2D eigenvalue weighted by Crippen LogP contribution is -2.10. The van der Waals surface area contributed by atoms with Crippen molar-refractivity contribution < 1.29 is 0 Å². The van der Waals surface area contributed by atoms with Crippen LogP contribution in [0.25, 0.3) is 0 Å². The van der Waals surface area contributed by atoms with E-state index in [9.17, 15) is 0 Å². The minimum absolute atomic E-state index is 0.206. The van der Waals surface area contributed by atoms with Gasteiger partial charge in [-0.15, -0.1) is 0 Å². The molecule has 2 atom stereocenters. The van der Waals surface area contributed by atoms with Crippen LogP contribution < -0.4 is 5.32 Å². The molecule has 2 aromatic rings. The van der Waals surface area contributed by atoms with Crippen LogP contribution in [0.4, 0.5) is 5.82 Å². The molecule has 0 radical (unpaired) electrons. The highest BCUT2D eigenvalue weighted by Crippen LogP contribution is 2.24. The summed E-state index contributed by atoms with van der Waals surface area (Å²) in [5, 5.41) is 3.42. The van der Waals surface area contributed by atoms with Crippen molar-refractivity contribution in [3.8, 4) is 0 Å². The van der Waals surface area contributed by atoms with Gasteiger partial charge >= 0.3 is 0 Å². The molecule has 0 saturated heterocycles. The van der Waals surface area contributed by atoms with E-state index in [4.69, 9.17) is 4.98 Å². The van der Waals surface area contributed by atoms with Gasteiger partial charge in [-0.05, 0) is 18.9 Å². The van der Waals surface area contributed by atoms with Crippen molar-refractivity contribution in [3.05, 3.63) is 78.3 Å². The summed E-state index contributed by atoms with van der Waals surface area (Å²) in [6, 6.07) is 10.6. The fourth-order valence-electron chi connectivity index (χ4n) is 2.48. The molecule has 1 aliphatic rings. The van der Waals surface area contributed by atoms with Crippen molar-refractivity contribution in [1.29, 1.82) is 0 Å².